The highest BCUT2D eigenvalue weighted by atomic mass is 19.1. The zero-order valence-corrected chi connectivity index (χ0v) is 20.7. The third-order valence-electron chi connectivity index (χ3n) is 6.40. The van der Waals surface area contributed by atoms with Crippen molar-refractivity contribution >= 4 is 22.1 Å². The highest BCUT2D eigenvalue weighted by Gasteiger charge is 2.20. The quantitative estimate of drug-likeness (QED) is 0.335. The number of hydrogen-bond donors (Lipinski definition) is 0. The van der Waals surface area contributed by atoms with Crippen molar-refractivity contribution in [2.24, 2.45) is 7.05 Å². The van der Waals surface area contributed by atoms with Gasteiger partial charge in [0.25, 0.3) is 0 Å². The second-order valence-corrected chi connectivity index (χ2v) is 9.28. The largest absolute Gasteiger partial charge is 0.478 e. The number of benzene rings is 1. The van der Waals surface area contributed by atoms with Gasteiger partial charge in [0.1, 0.15) is 11.3 Å². The van der Waals surface area contributed by atoms with Crippen molar-refractivity contribution in [2.75, 3.05) is 19.8 Å². The van der Waals surface area contributed by atoms with E-state index in [1.54, 1.807) is 36.0 Å². The fraction of sp³-hybridized carbons (Fsp3) is 0.462. The predicted octanol–water partition coefficient (Wildman–Crippen LogP) is 4.38. The second kappa shape index (κ2) is 10.3. The lowest BCUT2D eigenvalue weighted by atomic mass is 10.0. The zero-order valence-electron chi connectivity index (χ0n) is 20.7. The van der Waals surface area contributed by atoms with Crippen molar-refractivity contribution in [3.05, 3.63) is 46.8 Å². The molecule has 1 aliphatic heterocycles. The van der Waals surface area contributed by atoms with Gasteiger partial charge in [-0.25, -0.2) is 14.2 Å². The average Bonchev–Trinajstić information content (AvgIpc) is 3.14. The van der Waals surface area contributed by atoms with Crippen LogP contribution in [0.5, 0.6) is 5.88 Å². The summed E-state index contributed by atoms with van der Waals surface area (Å²) in [5.41, 5.74) is 2.25. The van der Waals surface area contributed by atoms with Gasteiger partial charge in [-0.1, -0.05) is 0 Å². The lowest BCUT2D eigenvalue weighted by Gasteiger charge is -2.22. The number of aryl methyl sites for hydroxylation is 1. The van der Waals surface area contributed by atoms with Gasteiger partial charge in [-0.2, -0.15) is 0 Å². The van der Waals surface area contributed by atoms with E-state index in [0.29, 0.717) is 58.7 Å². The highest BCUT2D eigenvalue weighted by molar-refractivity contribution is 6.02. The highest BCUT2D eigenvalue weighted by Crippen LogP contribution is 2.31. The van der Waals surface area contributed by atoms with E-state index in [4.69, 9.17) is 14.2 Å². The number of halogens is 1. The van der Waals surface area contributed by atoms with Crippen LogP contribution in [0.3, 0.4) is 0 Å². The van der Waals surface area contributed by atoms with Crippen molar-refractivity contribution in [1.82, 2.24) is 24.3 Å². The Kier molecular flexibility index (Phi) is 6.97. The molecule has 0 saturated carbocycles. The van der Waals surface area contributed by atoms with Gasteiger partial charge in [0, 0.05) is 61.0 Å². The van der Waals surface area contributed by atoms with E-state index >= 15 is 4.39 Å². The molecule has 0 spiro atoms. The van der Waals surface area contributed by atoms with Crippen LogP contribution in [0.2, 0.25) is 0 Å². The number of imidazole rings is 1. The normalized spacial score (nSPS) is 16.3. The molecule has 3 aromatic heterocycles. The van der Waals surface area contributed by atoms with Gasteiger partial charge in [0.05, 0.1) is 18.7 Å². The lowest BCUT2D eigenvalue weighted by molar-refractivity contribution is -0.163. The van der Waals surface area contributed by atoms with Crippen LogP contribution >= 0.6 is 0 Å². The minimum atomic E-state index is -0.442. The van der Waals surface area contributed by atoms with Crippen molar-refractivity contribution < 1.29 is 18.6 Å². The maximum absolute atomic E-state index is 15.1. The minimum Gasteiger partial charge on any atom is -0.478 e. The Labute approximate surface area is 207 Å². The first-order valence-corrected chi connectivity index (χ1v) is 12.3. The first-order chi connectivity index (χ1) is 17.4. The first-order valence-electron chi connectivity index (χ1n) is 12.3. The van der Waals surface area contributed by atoms with Crippen LogP contribution in [-0.2, 0) is 16.5 Å². The Morgan fingerprint density at radius 3 is 2.78 bits per heavy atom. The summed E-state index contributed by atoms with van der Waals surface area (Å²) in [6.45, 7) is 5.63. The van der Waals surface area contributed by atoms with Crippen LogP contribution in [0.4, 0.5) is 4.39 Å². The molecule has 10 heteroatoms. The third kappa shape index (κ3) is 4.70. The van der Waals surface area contributed by atoms with E-state index in [0.717, 1.165) is 25.9 Å². The molecule has 0 radical (unpaired) electrons. The maximum Gasteiger partial charge on any atom is 0.330 e. The topological polar surface area (TPSA) is 93.3 Å². The minimum absolute atomic E-state index is 0.0965. The molecule has 0 amide bonds. The molecule has 1 fully saturated rings. The third-order valence-corrected chi connectivity index (χ3v) is 6.40. The summed E-state index contributed by atoms with van der Waals surface area (Å²) in [5, 5.41) is 8.99. The molecule has 1 atom stereocenters. The molecule has 1 aromatic carbocycles. The summed E-state index contributed by atoms with van der Waals surface area (Å²) in [6, 6.07) is 6.45. The van der Waals surface area contributed by atoms with Crippen molar-refractivity contribution in [3.8, 4) is 17.0 Å². The summed E-state index contributed by atoms with van der Waals surface area (Å²) in [4.78, 5) is 17.1. The molecule has 36 heavy (non-hydrogen) atoms. The Balaban J connectivity index is 1.34. The van der Waals surface area contributed by atoms with E-state index < -0.39 is 5.82 Å². The Morgan fingerprint density at radius 1 is 1.19 bits per heavy atom. The summed E-state index contributed by atoms with van der Waals surface area (Å²) in [5.74, 6) is 0.0156. The Hall–Kier alpha value is -3.37. The van der Waals surface area contributed by atoms with Gasteiger partial charge < -0.3 is 14.2 Å². The summed E-state index contributed by atoms with van der Waals surface area (Å²) in [7, 11) is 1.66. The number of pyridine rings is 1. The molecule has 0 N–H and O–H groups in total. The average molecular weight is 496 g/mol. The van der Waals surface area contributed by atoms with Crippen molar-refractivity contribution in [1.29, 1.82) is 0 Å². The number of ether oxygens (including phenoxy) is 3. The fourth-order valence-electron chi connectivity index (χ4n) is 4.53. The number of fused-ring (bicyclic) bond motifs is 3. The maximum atomic E-state index is 15.1. The van der Waals surface area contributed by atoms with Crippen LogP contribution in [0, 0.1) is 5.82 Å². The van der Waals surface area contributed by atoms with E-state index in [1.165, 1.54) is 10.6 Å². The smallest absolute Gasteiger partial charge is 0.330 e. The number of hydrogen-bond acceptors (Lipinski definition) is 7. The van der Waals surface area contributed by atoms with Gasteiger partial charge in [-0.15, -0.1) is 10.2 Å². The van der Waals surface area contributed by atoms with Gasteiger partial charge in [-0.05, 0) is 45.2 Å². The molecule has 5 rings (SSSR count). The van der Waals surface area contributed by atoms with Crippen molar-refractivity contribution in [2.45, 2.75) is 51.9 Å². The Morgan fingerprint density at radius 2 is 2.06 bits per heavy atom. The molecule has 4 heterocycles. The first kappa shape index (κ1) is 24.3. The zero-order chi connectivity index (χ0) is 25.2. The van der Waals surface area contributed by atoms with Crippen molar-refractivity contribution in [3.63, 3.8) is 0 Å². The van der Waals surface area contributed by atoms with Gasteiger partial charge >= 0.3 is 5.69 Å². The van der Waals surface area contributed by atoms with E-state index in [1.807, 2.05) is 13.8 Å². The summed E-state index contributed by atoms with van der Waals surface area (Å²) >= 11 is 0. The monoisotopic (exact) mass is 495 g/mol. The van der Waals surface area contributed by atoms with Crippen LogP contribution in [0.1, 0.15) is 45.6 Å². The van der Waals surface area contributed by atoms with Gasteiger partial charge in [0.15, 0.2) is 11.9 Å². The summed E-state index contributed by atoms with van der Waals surface area (Å²) in [6.07, 6.45) is 5.36. The van der Waals surface area contributed by atoms with E-state index in [-0.39, 0.29) is 18.0 Å². The Bertz CT molecular complexity index is 1420. The van der Waals surface area contributed by atoms with E-state index in [2.05, 4.69) is 15.2 Å². The molecular weight excluding hydrogens is 465 g/mol. The second-order valence-electron chi connectivity index (χ2n) is 9.28. The van der Waals surface area contributed by atoms with Gasteiger partial charge in [-0.3, -0.25) is 9.13 Å². The summed E-state index contributed by atoms with van der Waals surface area (Å²) < 4.78 is 35.2. The molecule has 1 aliphatic rings. The van der Waals surface area contributed by atoms with Gasteiger partial charge in [0.2, 0.25) is 5.88 Å². The molecule has 0 bridgehead atoms. The molecule has 190 valence electrons. The molecule has 0 aliphatic carbocycles. The number of rotatable bonds is 8. The van der Waals surface area contributed by atoms with Crippen LogP contribution in [0.25, 0.3) is 33.2 Å². The molecule has 9 nitrogen and oxygen atoms in total. The number of nitrogens with zero attached hydrogens (tertiary/aromatic N) is 5. The number of aromatic nitrogens is 5. The molecule has 1 saturated heterocycles. The lowest BCUT2D eigenvalue weighted by Crippen LogP contribution is -2.23. The van der Waals surface area contributed by atoms with Crippen LogP contribution in [-0.4, -0.2) is 50.4 Å². The van der Waals surface area contributed by atoms with Crippen LogP contribution in [0.15, 0.2) is 35.3 Å². The molecule has 1 unspecified atom stereocenters. The molecular formula is C26H30FN5O4. The SMILES string of the molecule is CC(C)n1c(=O)n(C)c2nnc3cc(F)c(-c4ccc(OCCCOC5CCCCO5)nc4)cc3c21. The van der Waals surface area contributed by atoms with E-state index in [9.17, 15) is 4.79 Å². The molecule has 4 aromatic rings. The predicted molar refractivity (Wildman–Crippen MR) is 134 cm³/mol. The van der Waals surface area contributed by atoms with Crippen LogP contribution < -0.4 is 10.4 Å². The standard InChI is InChI=1S/C26H30FN5O4/c1-16(2)32-24-19-13-18(20(27)14-21(19)29-30-25(24)31(3)26(32)33)17-8-9-22(28-15-17)34-11-6-12-36-23-7-4-5-10-35-23/h8-9,13-16,23H,4-7,10-12H2,1-3H3. The fourth-order valence-corrected chi connectivity index (χ4v) is 4.53.